The van der Waals surface area contributed by atoms with Crippen molar-refractivity contribution < 1.29 is 0 Å². The van der Waals surface area contributed by atoms with Gasteiger partial charge in [-0.3, -0.25) is 0 Å². The number of benzene rings is 1. The van der Waals surface area contributed by atoms with Crippen molar-refractivity contribution >= 4 is 38.9 Å². The van der Waals surface area contributed by atoms with Gasteiger partial charge in [0, 0.05) is 0 Å². The average Bonchev–Trinajstić information content (AvgIpc) is 2.05. The first-order chi connectivity index (χ1) is 4.84. The summed E-state index contributed by atoms with van der Waals surface area (Å²) >= 11 is 9.01. The molecule has 0 aromatic heterocycles. The van der Waals surface area contributed by atoms with E-state index in [1.807, 2.05) is 30.3 Å². The molecule has 3 heteroatoms. The molecule has 0 aliphatic carbocycles. The zero-order chi connectivity index (χ0) is 7.40. The van der Waals surface area contributed by atoms with Gasteiger partial charge < -0.3 is 0 Å². The van der Waals surface area contributed by atoms with Crippen molar-refractivity contribution in [3.05, 3.63) is 35.9 Å². The molecule has 0 unspecified atom stereocenters. The summed E-state index contributed by atoms with van der Waals surface area (Å²) in [5.74, 6) is 0. The van der Waals surface area contributed by atoms with Gasteiger partial charge in [0.15, 0.2) is 0 Å². The minimum Gasteiger partial charge on any atom is -0.105 e. The van der Waals surface area contributed by atoms with E-state index in [1.54, 1.807) is 0 Å². The summed E-state index contributed by atoms with van der Waals surface area (Å²) < 4.78 is 0.823. The van der Waals surface area contributed by atoms with Gasteiger partial charge in [-0.2, -0.15) is 0 Å². The Labute approximate surface area is 74.8 Å². The molecule has 1 aromatic rings. The normalized spacial score (nSPS) is 9.30. The highest BCUT2D eigenvalue weighted by Crippen LogP contribution is 2.15. The summed E-state index contributed by atoms with van der Waals surface area (Å²) in [5, 5.41) is 0. The van der Waals surface area contributed by atoms with E-state index in [0.717, 1.165) is 9.76 Å². The molecule has 0 heterocycles. The molecule has 0 saturated heterocycles. The molecule has 0 amide bonds. The number of hydrogen-bond donors (Lipinski definition) is 1. The van der Waals surface area contributed by atoms with Crippen LogP contribution in [0.1, 0.15) is 5.56 Å². The molecule has 0 bridgehead atoms. The minimum absolute atomic E-state index is 0.823. The van der Waals surface area contributed by atoms with Crippen LogP contribution in [-0.2, 0) is 0 Å². The van der Waals surface area contributed by atoms with Crippen molar-refractivity contribution in [1.29, 1.82) is 0 Å². The number of hydrogen-bond acceptors (Lipinski definition) is 3. The molecule has 0 nitrogen and oxygen atoms in total. The third-order valence-electron chi connectivity index (χ3n) is 1.09. The van der Waals surface area contributed by atoms with Gasteiger partial charge in [0.1, 0.15) is 0 Å². The van der Waals surface area contributed by atoms with Crippen molar-refractivity contribution in [2.45, 2.75) is 0 Å². The molecule has 0 radical (unpaired) electrons. The maximum atomic E-state index is 5.01. The third-order valence-corrected chi connectivity index (χ3v) is 2.90. The van der Waals surface area contributed by atoms with Crippen LogP contribution in [0.5, 0.6) is 0 Å². The number of rotatable bonds is 1. The van der Waals surface area contributed by atoms with Gasteiger partial charge in [-0.1, -0.05) is 42.5 Å². The highest BCUT2D eigenvalue weighted by atomic mass is 33.1. The van der Waals surface area contributed by atoms with Crippen LogP contribution < -0.4 is 0 Å². The predicted molar refractivity (Wildman–Crippen MR) is 54.7 cm³/mol. The molecule has 0 N–H and O–H groups in total. The van der Waals surface area contributed by atoms with Crippen molar-refractivity contribution in [3.8, 4) is 0 Å². The summed E-state index contributed by atoms with van der Waals surface area (Å²) in [5.41, 5.74) is 1.07. The van der Waals surface area contributed by atoms with Crippen LogP contribution in [0.3, 0.4) is 0 Å². The standard InChI is InChI=1S/C7H6S3/c8-7(10-9)6-4-2-1-3-5-6/h1-5,9H. The lowest BCUT2D eigenvalue weighted by atomic mass is 10.2. The molecule has 0 aliphatic heterocycles. The SMILES string of the molecule is S=C(SS)c1ccccc1. The Morgan fingerprint density at radius 3 is 2.40 bits per heavy atom. The van der Waals surface area contributed by atoms with Gasteiger partial charge >= 0.3 is 0 Å². The van der Waals surface area contributed by atoms with E-state index in [0.29, 0.717) is 0 Å². The molecule has 1 aromatic carbocycles. The van der Waals surface area contributed by atoms with E-state index in [2.05, 4.69) is 11.7 Å². The minimum atomic E-state index is 0.823. The van der Waals surface area contributed by atoms with Crippen molar-refractivity contribution in [2.75, 3.05) is 0 Å². The summed E-state index contributed by atoms with van der Waals surface area (Å²) in [6.07, 6.45) is 0. The van der Waals surface area contributed by atoms with E-state index in [-0.39, 0.29) is 0 Å². The Balaban J connectivity index is 2.85. The van der Waals surface area contributed by atoms with Gasteiger partial charge in [0.25, 0.3) is 0 Å². The van der Waals surface area contributed by atoms with Crippen LogP contribution in [0, 0.1) is 0 Å². The summed E-state index contributed by atoms with van der Waals surface area (Å²) in [4.78, 5) is 0. The van der Waals surface area contributed by atoms with Gasteiger partial charge in [-0.05, 0) is 16.4 Å². The topological polar surface area (TPSA) is 0 Å². The molecule has 0 fully saturated rings. The fraction of sp³-hybridized carbons (Fsp3) is 0. The highest BCUT2D eigenvalue weighted by molar-refractivity contribution is 8.76. The molecule has 0 spiro atoms. The third kappa shape index (κ3) is 2.01. The molecule has 10 heavy (non-hydrogen) atoms. The lowest BCUT2D eigenvalue weighted by Gasteiger charge is -1.95. The van der Waals surface area contributed by atoms with Crippen LogP contribution in [-0.4, -0.2) is 4.20 Å². The first-order valence-electron chi connectivity index (χ1n) is 2.75. The van der Waals surface area contributed by atoms with Crippen LogP contribution in [0.25, 0.3) is 0 Å². The molecule has 0 atom stereocenters. The van der Waals surface area contributed by atoms with Crippen LogP contribution >= 0.6 is 34.7 Å². The molecule has 0 aliphatic rings. The van der Waals surface area contributed by atoms with E-state index in [9.17, 15) is 0 Å². The molecule has 0 saturated carbocycles. The first-order valence-corrected chi connectivity index (χ1v) is 5.03. The molecule has 52 valence electrons. The summed E-state index contributed by atoms with van der Waals surface area (Å²) in [7, 11) is 1.30. The van der Waals surface area contributed by atoms with E-state index < -0.39 is 0 Å². The molecule has 1 rings (SSSR count). The van der Waals surface area contributed by atoms with E-state index >= 15 is 0 Å². The predicted octanol–water partition coefficient (Wildman–Crippen LogP) is 2.94. The highest BCUT2D eigenvalue weighted by Gasteiger charge is 1.95. The Morgan fingerprint density at radius 1 is 1.30 bits per heavy atom. The van der Waals surface area contributed by atoms with Gasteiger partial charge in [-0.25, -0.2) is 0 Å². The lowest BCUT2D eigenvalue weighted by molar-refractivity contribution is 1.69. The average molecular weight is 186 g/mol. The quantitative estimate of drug-likeness (QED) is 0.407. The van der Waals surface area contributed by atoms with Crippen LogP contribution in [0.15, 0.2) is 30.3 Å². The summed E-state index contributed by atoms with van der Waals surface area (Å²) in [6.45, 7) is 0. The Kier molecular flexibility index (Phi) is 3.25. The zero-order valence-corrected chi connectivity index (χ0v) is 7.68. The maximum absolute atomic E-state index is 5.01. The Hall–Kier alpha value is 0.01000. The number of thiocarbonyl (C=S) groups is 1. The Morgan fingerprint density at radius 2 is 1.90 bits per heavy atom. The second-order valence-electron chi connectivity index (χ2n) is 1.74. The van der Waals surface area contributed by atoms with Crippen molar-refractivity contribution in [1.82, 2.24) is 0 Å². The zero-order valence-electron chi connectivity index (χ0n) is 5.15. The van der Waals surface area contributed by atoms with Gasteiger partial charge in [0.05, 0.1) is 4.20 Å². The van der Waals surface area contributed by atoms with Crippen LogP contribution in [0.4, 0.5) is 0 Å². The summed E-state index contributed by atoms with van der Waals surface area (Å²) in [6, 6.07) is 9.85. The number of thiol groups is 1. The smallest absolute Gasteiger partial charge is 0.0882 e. The second kappa shape index (κ2) is 4.01. The first kappa shape index (κ1) is 8.11. The van der Waals surface area contributed by atoms with Crippen LogP contribution in [0.2, 0.25) is 0 Å². The monoisotopic (exact) mass is 186 g/mol. The van der Waals surface area contributed by atoms with E-state index in [1.165, 1.54) is 10.8 Å². The fourth-order valence-electron chi connectivity index (χ4n) is 0.627. The Bertz CT molecular complexity index is 218. The molecular formula is C7H6S3. The fourth-order valence-corrected chi connectivity index (χ4v) is 1.32. The lowest BCUT2D eigenvalue weighted by Crippen LogP contribution is -1.85. The van der Waals surface area contributed by atoms with Crippen molar-refractivity contribution in [2.24, 2.45) is 0 Å². The largest absolute Gasteiger partial charge is 0.105 e. The molecular weight excluding hydrogens is 180 g/mol. The van der Waals surface area contributed by atoms with Gasteiger partial charge in [0.2, 0.25) is 0 Å². The van der Waals surface area contributed by atoms with Gasteiger partial charge in [-0.15, -0.1) is 11.7 Å². The van der Waals surface area contributed by atoms with E-state index in [4.69, 9.17) is 12.2 Å². The van der Waals surface area contributed by atoms with Crippen molar-refractivity contribution in [3.63, 3.8) is 0 Å². The maximum Gasteiger partial charge on any atom is 0.0882 e. The second-order valence-corrected chi connectivity index (χ2v) is 3.55.